The molecular formula is C20H27N3O. The third-order valence-electron chi connectivity index (χ3n) is 5.33. The van der Waals surface area contributed by atoms with Crippen LogP contribution in [0.2, 0.25) is 0 Å². The predicted octanol–water partition coefficient (Wildman–Crippen LogP) is 3.48. The van der Waals surface area contributed by atoms with Gasteiger partial charge in [-0.15, -0.1) is 0 Å². The molecule has 0 N–H and O–H groups in total. The van der Waals surface area contributed by atoms with Crippen molar-refractivity contribution in [2.75, 3.05) is 44.7 Å². The molecule has 0 amide bonds. The second-order valence-corrected chi connectivity index (χ2v) is 7.09. The fourth-order valence-electron chi connectivity index (χ4n) is 4.02. The smallest absolute Gasteiger partial charge is 0.120 e. The van der Waals surface area contributed by atoms with E-state index in [1.54, 1.807) is 0 Å². The number of rotatable bonds is 4. The van der Waals surface area contributed by atoms with Crippen molar-refractivity contribution in [3.05, 3.63) is 30.0 Å². The molecule has 2 aromatic rings. The van der Waals surface area contributed by atoms with E-state index in [1.807, 2.05) is 6.20 Å². The fraction of sp³-hybridized carbons (Fsp3) is 0.550. The lowest BCUT2D eigenvalue weighted by Gasteiger charge is -2.28. The normalized spacial score (nSPS) is 18.6. The molecule has 1 fully saturated rings. The topological polar surface area (TPSA) is 28.6 Å². The first kappa shape index (κ1) is 15.7. The van der Waals surface area contributed by atoms with Gasteiger partial charge in [-0.05, 0) is 62.5 Å². The molecule has 0 radical (unpaired) electrons. The van der Waals surface area contributed by atoms with E-state index in [-0.39, 0.29) is 0 Å². The summed E-state index contributed by atoms with van der Waals surface area (Å²) in [4.78, 5) is 9.51. The molecule has 0 spiro atoms. The van der Waals surface area contributed by atoms with Crippen molar-refractivity contribution in [1.29, 1.82) is 0 Å². The second kappa shape index (κ2) is 6.98. The Morgan fingerprint density at radius 2 is 1.96 bits per heavy atom. The number of ether oxygens (including phenoxy) is 1. The van der Waals surface area contributed by atoms with E-state index < -0.39 is 0 Å². The van der Waals surface area contributed by atoms with Gasteiger partial charge in [0.05, 0.1) is 11.2 Å². The molecule has 0 aliphatic carbocycles. The molecule has 0 saturated carbocycles. The van der Waals surface area contributed by atoms with E-state index in [9.17, 15) is 0 Å². The van der Waals surface area contributed by atoms with Crippen LogP contribution >= 0.6 is 0 Å². The van der Waals surface area contributed by atoms with Crippen molar-refractivity contribution < 1.29 is 4.74 Å². The molecule has 4 nitrogen and oxygen atoms in total. The molecular weight excluding hydrogens is 298 g/mol. The summed E-state index contributed by atoms with van der Waals surface area (Å²) in [7, 11) is 2.18. The summed E-state index contributed by atoms with van der Waals surface area (Å²) in [6.45, 7) is 5.37. The summed E-state index contributed by atoms with van der Waals surface area (Å²) in [5, 5.41) is 1.23. The van der Waals surface area contributed by atoms with E-state index in [4.69, 9.17) is 4.74 Å². The summed E-state index contributed by atoms with van der Waals surface area (Å²) in [5.41, 5.74) is 3.76. The number of aromatic nitrogens is 1. The molecule has 4 rings (SSSR count). The maximum Gasteiger partial charge on any atom is 0.120 e. The SMILES string of the molecule is CN1CCCc2cnc3ccc(OCCN4CCCCC4)cc3c21. The van der Waals surface area contributed by atoms with Gasteiger partial charge in [0.25, 0.3) is 0 Å². The molecule has 0 atom stereocenters. The van der Waals surface area contributed by atoms with Gasteiger partial charge in [-0.25, -0.2) is 0 Å². The van der Waals surface area contributed by atoms with Crippen LogP contribution in [-0.4, -0.2) is 49.7 Å². The van der Waals surface area contributed by atoms with E-state index >= 15 is 0 Å². The van der Waals surface area contributed by atoms with Gasteiger partial charge in [0, 0.05) is 31.7 Å². The number of hydrogen-bond acceptors (Lipinski definition) is 4. The molecule has 3 heterocycles. The number of aryl methyl sites for hydroxylation is 1. The quantitative estimate of drug-likeness (QED) is 0.860. The van der Waals surface area contributed by atoms with Crippen LogP contribution in [0.15, 0.2) is 24.4 Å². The highest BCUT2D eigenvalue weighted by molar-refractivity contribution is 5.94. The van der Waals surface area contributed by atoms with Crippen LogP contribution in [0.4, 0.5) is 5.69 Å². The van der Waals surface area contributed by atoms with E-state index in [1.165, 1.54) is 55.4 Å². The van der Waals surface area contributed by atoms with Crippen LogP contribution in [0, 0.1) is 0 Å². The Kier molecular flexibility index (Phi) is 4.56. The summed E-state index contributed by atoms with van der Waals surface area (Å²) < 4.78 is 6.06. The zero-order chi connectivity index (χ0) is 16.4. The summed E-state index contributed by atoms with van der Waals surface area (Å²) in [6.07, 6.45) is 8.43. The first-order valence-corrected chi connectivity index (χ1v) is 9.29. The molecule has 0 bridgehead atoms. The lowest BCUT2D eigenvalue weighted by molar-refractivity contribution is 0.183. The van der Waals surface area contributed by atoms with Gasteiger partial charge in [0.1, 0.15) is 12.4 Å². The minimum atomic E-state index is 0.768. The molecule has 0 unspecified atom stereocenters. The summed E-state index contributed by atoms with van der Waals surface area (Å²) in [6, 6.07) is 6.33. The lowest BCUT2D eigenvalue weighted by Crippen LogP contribution is -2.33. The molecule has 1 aromatic heterocycles. The van der Waals surface area contributed by atoms with Crippen LogP contribution in [-0.2, 0) is 6.42 Å². The van der Waals surface area contributed by atoms with Crippen molar-refractivity contribution in [3.63, 3.8) is 0 Å². The van der Waals surface area contributed by atoms with Gasteiger partial charge in [0.2, 0.25) is 0 Å². The average molecular weight is 325 g/mol. The van der Waals surface area contributed by atoms with Gasteiger partial charge < -0.3 is 9.64 Å². The second-order valence-electron chi connectivity index (χ2n) is 7.09. The van der Waals surface area contributed by atoms with Crippen molar-refractivity contribution in [2.45, 2.75) is 32.1 Å². The molecule has 1 aromatic carbocycles. The molecule has 24 heavy (non-hydrogen) atoms. The van der Waals surface area contributed by atoms with Crippen molar-refractivity contribution in [3.8, 4) is 5.75 Å². The number of fused-ring (bicyclic) bond motifs is 3. The van der Waals surface area contributed by atoms with Crippen LogP contribution in [0.1, 0.15) is 31.2 Å². The maximum absolute atomic E-state index is 6.06. The van der Waals surface area contributed by atoms with Gasteiger partial charge in [-0.2, -0.15) is 0 Å². The Labute approximate surface area is 144 Å². The zero-order valence-corrected chi connectivity index (χ0v) is 14.6. The van der Waals surface area contributed by atoms with Gasteiger partial charge in [-0.1, -0.05) is 6.42 Å². The van der Waals surface area contributed by atoms with Crippen molar-refractivity contribution in [1.82, 2.24) is 9.88 Å². The molecule has 128 valence electrons. The number of piperidine rings is 1. The number of nitrogens with zero attached hydrogens (tertiary/aromatic N) is 3. The third-order valence-corrected chi connectivity index (χ3v) is 5.33. The fourth-order valence-corrected chi connectivity index (χ4v) is 4.02. The molecule has 2 aliphatic heterocycles. The number of likely N-dealkylation sites (tertiary alicyclic amines) is 1. The zero-order valence-electron chi connectivity index (χ0n) is 14.6. The first-order chi connectivity index (χ1) is 11.8. The monoisotopic (exact) mass is 325 g/mol. The van der Waals surface area contributed by atoms with Crippen LogP contribution in [0.3, 0.4) is 0 Å². The Balaban J connectivity index is 1.50. The predicted molar refractivity (Wildman–Crippen MR) is 99.1 cm³/mol. The van der Waals surface area contributed by atoms with Crippen LogP contribution in [0.25, 0.3) is 10.9 Å². The Bertz CT molecular complexity index is 709. The number of anilines is 1. The molecule has 1 saturated heterocycles. The molecule has 2 aliphatic rings. The van der Waals surface area contributed by atoms with Crippen LogP contribution < -0.4 is 9.64 Å². The number of benzene rings is 1. The van der Waals surface area contributed by atoms with Gasteiger partial charge in [-0.3, -0.25) is 9.88 Å². The van der Waals surface area contributed by atoms with E-state index in [0.29, 0.717) is 0 Å². The highest BCUT2D eigenvalue weighted by Gasteiger charge is 2.18. The number of pyridine rings is 1. The summed E-state index contributed by atoms with van der Waals surface area (Å²) in [5.74, 6) is 0.966. The standard InChI is InChI=1S/C20H27N3O/c1-22-9-5-6-16-15-21-19-8-7-17(14-18(19)20(16)22)24-13-12-23-10-3-2-4-11-23/h7-8,14-15H,2-6,9-13H2,1H3. The Hall–Kier alpha value is -1.81. The lowest BCUT2D eigenvalue weighted by atomic mass is 10.0. The van der Waals surface area contributed by atoms with Crippen LogP contribution in [0.5, 0.6) is 5.75 Å². The minimum Gasteiger partial charge on any atom is -0.492 e. The Morgan fingerprint density at radius 3 is 2.83 bits per heavy atom. The van der Waals surface area contributed by atoms with E-state index in [2.05, 4.69) is 40.0 Å². The van der Waals surface area contributed by atoms with Gasteiger partial charge in [0.15, 0.2) is 0 Å². The number of hydrogen-bond donors (Lipinski definition) is 0. The van der Waals surface area contributed by atoms with Crippen molar-refractivity contribution in [2.24, 2.45) is 0 Å². The minimum absolute atomic E-state index is 0.768. The maximum atomic E-state index is 6.06. The molecule has 4 heteroatoms. The summed E-state index contributed by atoms with van der Waals surface area (Å²) >= 11 is 0. The van der Waals surface area contributed by atoms with E-state index in [0.717, 1.165) is 37.4 Å². The third kappa shape index (κ3) is 3.20. The first-order valence-electron chi connectivity index (χ1n) is 9.29. The highest BCUT2D eigenvalue weighted by Crippen LogP contribution is 2.34. The Morgan fingerprint density at radius 1 is 1.08 bits per heavy atom. The van der Waals surface area contributed by atoms with Crippen molar-refractivity contribution >= 4 is 16.6 Å². The van der Waals surface area contributed by atoms with Gasteiger partial charge >= 0.3 is 0 Å². The largest absolute Gasteiger partial charge is 0.492 e. The average Bonchev–Trinajstić information content (AvgIpc) is 2.62. The highest BCUT2D eigenvalue weighted by atomic mass is 16.5.